The summed E-state index contributed by atoms with van der Waals surface area (Å²) in [6, 6.07) is 32.6. The van der Waals surface area contributed by atoms with Gasteiger partial charge in [-0.15, -0.1) is 0 Å². The molecular weight excluding hydrogens is 469 g/mol. The molecular formula is C30H24FN3OS. The van der Waals surface area contributed by atoms with E-state index in [1.807, 2.05) is 42.5 Å². The van der Waals surface area contributed by atoms with Gasteiger partial charge in [-0.2, -0.15) is 5.10 Å². The Kier molecular flexibility index (Phi) is 7.15. The predicted molar refractivity (Wildman–Crippen MR) is 146 cm³/mol. The molecule has 0 aliphatic rings. The van der Waals surface area contributed by atoms with Gasteiger partial charge < -0.3 is 4.74 Å². The lowest BCUT2D eigenvalue weighted by atomic mass is 10.1. The van der Waals surface area contributed by atoms with Gasteiger partial charge in [0.15, 0.2) is 0 Å². The molecule has 0 spiro atoms. The van der Waals surface area contributed by atoms with Crippen molar-refractivity contribution in [2.45, 2.75) is 13.5 Å². The Morgan fingerprint density at radius 3 is 2.31 bits per heavy atom. The number of nitrogens with zero attached hydrogens (tertiary/aromatic N) is 2. The van der Waals surface area contributed by atoms with Crippen LogP contribution >= 0.6 is 11.3 Å². The van der Waals surface area contributed by atoms with Gasteiger partial charge in [-0.1, -0.05) is 83.6 Å². The quantitative estimate of drug-likeness (QED) is 0.176. The Labute approximate surface area is 213 Å². The molecule has 0 bridgehead atoms. The lowest BCUT2D eigenvalue weighted by molar-refractivity contribution is 0.306. The molecule has 5 rings (SSSR count). The number of ether oxygens (including phenoxy) is 1. The zero-order chi connectivity index (χ0) is 24.7. The maximum atomic E-state index is 13.0. The summed E-state index contributed by atoms with van der Waals surface area (Å²) in [5, 5.41) is 5.12. The minimum absolute atomic E-state index is 0.253. The SMILES string of the molecule is Cc1ccc(-c2nc(N/N=C\c3ccc(OCc4ccc(F)cc4)cc3)sc2-c2ccccc2)cc1. The highest BCUT2D eigenvalue weighted by atomic mass is 32.1. The van der Waals surface area contributed by atoms with Gasteiger partial charge in [0.05, 0.1) is 16.8 Å². The van der Waals surface area contributed by atoms with Gasteiger partial charge in [0.25, 0.3) is 0 Å². The topological polar surface area (TPSA) is 46.5 Å². The van der Waals surface area contributed by atoms with Crippen LogP contribution in [0.5, 0.6) is 5.75 Å². The fraction of sp³-hybridized carbons (Fsp3) is 0.0667. The lowest BCUT2D eigenvalue weighted by Gasteiger charge is -2.06. The first-order valence-electron chi connectivity index (χ1n) is 11.5. The van der Waals surface area contributed by atoms with Crippen LogP contribution in [0.25, 0.3) is 21.7 Å². The molecule has 1 N–H and O–H groups in total. The van der Waals surface area contributed by atoms with Crippen LogP contribution in [0.2, 0.25) is 0 Å². The van der Waals surface area contributed by atoms with Crippen LogP contribution in [0.4, 0.5) is 9.52 Å². The first-order chi connectivity index (χ1) is 17.6. The van der Waals surface area contributed by atoms with Crippen molar-refractivity contribution in [2.75, 3.05) is 5.43 Å². The summed E-state index contributed by atoms with van der Waals surface area (Å²) in [4.78, 5) is 5.94. The standard InChI is InChI=1S/C30H24FN3OS/c1-21-7-13-24(14-8-21)28-29(25-5-3-2-4-6-25)36-30(33-28)34-32-19-22-11-17-27(18-12-22)35-20-23-9-15-26(31)16-10-23/h2-19H,20H2,1H3,(H,33,34)/b32-19-. The average molecular weight is 494 g/mol. The van der Waals surface area contributed by atoms with E-state index in [0.717, 1.165) is 43.7 Å². The molecule has 36 heavy (non-hydrogen) atoms. The number of anilines is 1. The molecule has 178 valence electrons. The Hall–Kier alpha value is -4.29. The summed E-state index contributed by atoms with van der Waals surface area (Å²) < 4.78 is 18.8. The maximum absolute atomic E-state index is 13.0. The van der Waals surface area contributed by atoms with E-state index in [4.69, 9.17) is 9.72 Å². The van der Waals surface area contributed by atoms with Crippen molar-refractivity contribution < 1.29 is 9.13 Å². The summed E-state index contributed by atoms with van der Waals surface area (Å²) in [5.41, 5.74) is 9.27. The maximum Gasteiger partial charge on any atom is 0.204 e. The molecule has 6 heteroatoms. The zero-order valence-corrected chi connectivity index (χ0v) is 20.5. The van der Waals surface area contributed by atoms with E-state index in [0.29, 0.717) is 6.61 Å². The molecule has 1 aromatic heterocycles. The summed E-state index contributed by atoms with van der Waals surface area (Å²) in [7, 11) is 0. The Morgan fingerprint density at radius 1 is 0.861 bits per heavy atom. The Morgan fingerprint density at radius 2 is 1.58 bits per heavy atom. The van der Waals surface area contributed by atoms with E-state index in [9.17, 15) is 4.39 Å². The number of thiazole rings is 1. The van der Waals surface area contributed by atoms with Crippen LogP contribution in [0.1, 0.15) is 16.7 Å². The number of hydrogen-bond donors (Lipinski definition) is 1. The van der Waals surface area contributed by atoms with E-state index >= 15 is 0 Å². The first kappa shape index (κ1) is 23.5. The minimum Gasteiger partial charge on any atom is -0.489 e. The van der Waals surface area contributed by atoms with Crippen molar-refractivity contribution in [3.63, 3.8) is 0 Å². The molecule has 5 aromatic rings. The number of benzene rings is 4. The van der Waals surface area contributed by atoms with E-state index in [-0.39, 0.29) is 5.82 Å². The molecule has 0 radical (unpaired) electrons. The highest BCUT2D eigenvalue weighted by molar-refractivity contribution is 7.19. The number of aromatic nitrogens is 1. The summed E-state index contributed by atoms with van der Waals surface area (Å²) >= 11 is 1.58. The molecule has 4 aromatic carbocycles. The summed E-state index contributed by atoms with van der Waals surface area (Å²) in [5.74, 6) is 0.482. The van der Waals surface area contributed by atoms with Gasteiger partial charge in [-0.05, 0) is 60.0 Å². The summed E-state index contributed by atoms with van der Waals surface area (Å²) in [6.45, 7) is 2.46. The van der Waals surface area contributed by atoms with E-state index in [1.165, 1.54) is 17.7 Å². The normalized spacial score (nSPS) is 11.1. The summed E-state index contributed by atoms with van der Waals surface area (Å²) in [6.07, 6.45) is 1.75. The molecule has 0 saturated carbocycles. The lowest BCUT2D eigenvalue weighted by Crippen LogP contribution is -1.96. The van der Waals surface area contributed by atoms with Gasteiger partial charge in [0.1, 0.15) is 18.2 Å². The molecule has 0 fully saturated rings. The fourth-order valence-corrected chi connectivity index (χ4v) is 4.56. The van der Waals surface area contributed by atoms with Crippen LogP contribution < -0.4 is 10.2 Å². The highest BCUT2D eigenvalue weighted by Gasteiger charge is 2.14. The molecule has 0 aliphatic heterocycles. The molecule has 1 heterocycles. The number of aryl methyl sites for hydroxylation is 1. The van der Waals surface area contributed by atoms with Gasteiger partial charge in [-0.25, -0.2) is 9.37 Å². The average Bonchev–Trinajstić information content (AvgIpc) is 3.34. The van der Waals surface area contributed by atoms with E-state index < -0.39 is 0 Å². The van der Waals surface area contributed by atoms with E-state index in [2.05, 4.69) is 53.8 Å². The molecule has 0 aliphatic carbocycles. The van der Waals surface area contributed by atoms with Gasteiger partial charge in [0, 0.05) is 5.56 Å². The second-order valence-corrected chi connectivity index (χ2v) is 9.28. The highest BCUT2D eigenvalue weighted by Crippen LogP contribution is 2.39. The van der Waals surface area contributed by atoms with E-state index in [1.54, 1.807) is 29.7 Å². The molecule has 0 amide bonds. The number of hydrogen-bond acceptors (Lipinski definition) is 5. The van der Waals surface area contributed by atoms with Gasteiger partial charge >= 0.3 is 0 Å². The van der Waals surface area contributed by atoms with Crippen molar-refractivity contribution >= 4 is 22.7 Å². The number of rotatable bonds is 8. The monoisotopic (exact) mass is 493 g/mol. The van der Waals surface area contributed by atoms with Crippen molar-refractivity contribution in [1.82, 2.24) is 4.98 Å². The van der Waals surface area contributed by atoms with Crippen LogP contribution in [0, 0.1) is 12.7 Å². The third kappa shape index (κ3) is 5.85. The number of hydrazone groups is 1. The second-order valence-electron chi connectivity index (χ2n) is 8.28. The van der Waals surface area contributed by atoms with Crippen LogP contribution in [-0.2, 0) is 6.61 Å². The fourth-order valence-electron chi connectivity index (χ4n) is 3.62. The molecule has 4 nitrogen and oxygen atoms in total. The smallest absolute Gasteiger partial charge is 0.204 e. The first-order valence-corrected chi connectivity index (χ1v) is 12.4. The Balaban J connectivity index is 1.27. The molecule has 0 saturated heterocycles. The van der Waals surface area contributed by atoms with Crippen molar-refractivity contribution in [3.05, 3.63) is 126 Å². The largest absolute Gasteiger partial charge is 0.489 e. The van der Waals surface area contributed by atoms with Crippen molar-refractivity contribution in [3.8, 4) is 27.4 Å². The second kappa shape index (κ2) is 11.0. The third-order valence-electron chi connectivity index (χ3n) is 5.56. The van der Waals surface area contributed by atoms with Gasteiger partial charge in [0.2, 0.25) is 5.13 Å². The number of nitrogens with one attached hydrogen (secondary N) is 1. The van der Waals surface area contributed by atoms with Gasteiger partial charge in [-0.3, -0.25) is 5.43 Å². The predicted octanol–water partition coefficient (Wildman–Crippen LogP) is 7.95. The van der Waals surface area contributed by atoms with Crippen molar-refractivity contribution in [1.29, 1.82) is 0 Å². The Bertz CT molecular complexity index is 1450. The number of halogens is 1. The molecule has 0 unspecified atom stereocenters. The van der Waals surface area contributed by atoms with Crippen molar-refractivity contribution in [2.24, 2.45) is 5.10 Å². The van der Waals surface area contributed by atoms with Crippen LogP contribution in [0.15, 0.2) is 108 Å². The minimum atomic E-state index is -0.253. The third-order valence-corrected chi connectivity index (χ3v) is 6.57. The molecule has 0 atom stereocenters. The van der Waals surface area contributed by atoms with Crippen LogP contribution in [0.3, 0.4) is 0 Å². The zero-order valence-electron chi connectivity index (χ0n) is 19.7. The van der Waals surface area contributed by atoms with Crippen LogP contribution in [-0.4, -0.2) is 11.2 Å².